The zero-order valence-corrected chi connectivity index (χ0v) is 18.8. The Balaban J connectivity index is 1.84. The molecule has 0 fully saturated rings. The van der Waals surface area contributed by atoms with Crippen LogP contribution in [0.15, 0.2) is 80.7 Å². The highest BCUT2D eigenvalue weighted by molar-refractivity contribution is 9.10. The van der Waals surface area contributed by atoms with Gasteiger partial charge in [-0.3, -0.25) is 4.79 Å². The van der Waals surface area contributed by atoms with E-state index >= 15 is 0 Å². The van der Waals surface area contributed by atoms with Crippen LogP contribution in [-0.4, -0.2) is 24.0 Å². The number of pyridine rings is 1. The van der Waals surface area contributed by atoms with E-state index in [2.05, 4.69) is 31.2 Å². The van der Waals surface area contributed by atoms with Gasteiger partial charge in [-0.2, -0.15) is 0 Å². The maximum atomic E-state index is 13.1. The minimum Gasteiger partial charge on any atom is -0.465 e. The molecule has 0 aliphatic heterocycles. The number of hydrogen-bond donors (Lipinski definition) is 1. The predicted octanol–water partition coefficient (Wildman–Crippen LogP) is 5.17. The molecule has 0 aliphatic carbocycles. The number of benzene rings is 2. The SMILES string of the molecule is COC(=O)c1cccc(N=c2oc3ccc(Br)cc3cc2C(=O)Nc2ccc(C)cn2)c1. The van der Waals surface area contributed by atoms with Gasteiger partial charge < -0.3 is 14.5 Å². The fraction of sp³-hybridized carbons (Fsp3) is 0.0833. The van der Waals surface area contributed by atoms with E-state index in [9.17, 15) is 9.59 Å². The lowest BCUT2D eigenvalue weighted by molar-refractivity contribution is 0.0600. The molecule has 1 amide bonds. The van der Waals surface area contributed by atoms with Crippen molar-refractivity contribution in [2.45, 2.75) is 6.92 Å². The van der Waals surface area contributed by atoms with E-state index in [1.807, 2.05) is 25.1 Å². The van der Waals surface area contributed by atoms with Crippen molar-refractivity contribution in [3.8, 4) is 0 Å². The summed E-state index contributed by atoms with van der Waals surface area (Å²) in [7, 11) is 1.31. The molecule has 4 aromatic rings. The van der Waals surface area contributed by atoms with Gasteiger partial charge in [-0.1, -0.05) is 28.1 Å². The molecular weight excluding hydrogens is 474 g/mol. The topological polar surface area (TPSA) is 93.8 Å². The summed E-state index contributed by atoms with van der Waals surface area (Å²) in [5, 5.41) is 3.50. The third kappa shape index (κ3) is 4.76. The maximum Gasteiger partial charge on any atom is 0.337 e. The molecule has 0 spiro atoms. The van der Waals surface area contributed by atoms with Crippen molar-refractivity contribution in [1.82, 2.24) is 4.98 Å². The summed E-state index contributed by atoms with van der Waals surface area (Å²) in [5.41, 5.74) is 2.65. The highest BCUT2D eigenvalue weighted by Gasteiger charge is 2.14. The molecule has 160 valence electrons. The van der Waals surface area contributed by atoms with Crippen molar-refractivity contribution >= 4 is 50.3 Å². The first-order valence-electron chi connectivity index (χ1n) is 9.63. The second-order valence-electron chi connectivity index (χ2n) is 6.98. The van der Waals surface area contributed by atoms with Gasteiger partial charge in [0.1, 0.15) is 17.0 Å². The number of rotatable bonds is 4. The number of nitrogens with one attached hydrogen (secondary N) is 1. The smallest absolute Gasteiger partial charge is 0.337 e. The van der Waals surface area contributed by atoms with Crippen molar-refractivity contribution in [2.75, 3.05) is 12.4 Å². The number of nitrogens with zero attached hydrogens (tertiary/aromatic N) is 2. The second-order valence-corrected chi connectivity index (χ2v) is 7.89. The Morgan fingerprint density at radius 2 is 1.94 bits per heavy atom. The van der Waals surface area contributed by atoms with Crippen molar-refractivity contribution in [3.63, 3.8) is 0 Å². The number of carbonyl (C=O) groups excluding carboxylic acids is 2. The Labute approximate surface area is 191 Å². The molecule has 0 bridgehead atoms. The molecule has 0 saturated heterocycles. The quantitative estimate of drug-likeness (QED) is 0.397. The van der Waals surface area contributed by atoms with Crippen LogP contribution in [0.2, 0.25) is 0 Å². The summed E-state index contributed by atoms with van der Waals surface area (Å²) in [6.45, 7) is 1.91. The van der Waals surface area contributed by atoms with Gasteiger partial charge in [-0.25, -0.2) is 14.8 Å². The summed E-state index contributed by atoms with van der Waals surface area (Å²) in [5.74, 6) is -0.491. The lowest BCUT2D eigenvalue weighted by atomic mass is 10.1. The number of carbonyl (C=O) groups is 2. The number of hydrogen-bond acceptors (Lipinski definition) is 6. The zero-order valence-electron chi connectivity index (χ0n) is 17.3. The highest BCUT2D eigenvalue weighted by Crippen LogP contribution is 2.21. The van der Waals surface area contributed by atoms with Crippen LogP contribution in [0, 0.1) is 6.92 Å². The molecule has 2 aromatic heterocycles. The van der Waals surface area contributed by atoms with Gasteiger partial charge in [0.05, 0.1) is 18.4 Å². The standard InChI is InChI=1S/C24H18BrN3O4/c1-14-6-9-21(26-13-14)28-22(29)19-12-16-10-17(25)7-8-20(16)32-23(19)27-18-5-3-4-15(11-18)24(30)31-2/h3-13H,1-2H3,(H,26,28,29). The number of fused-ring (bicyclic) bond motifs is 1. The number of anilines is 1. The largest absolute Gasteiger partial charge is 0.465 e. The molecule has 1 N–H and O–H groups in total. The van der Waals surface area contributed by atoms with Crippen molar-refractivity contribution in [2.24, 2.45) is 4.99 Å². The van der Waals surface area contributed by atoms with Crippen LogP contribution in [0.3, 0.4) is 0 Å². The minimum absolute atomic E-state index is 0.103. The van der Waals surface area contributed by atoms with Gasteiger partial charge in [-0.15, -0.1) is 0 Å². The van der Waals surface area contributed by atoms with Gasteiger partial charge >= 0.3 is 5.97 Å². The molecule has 0 aliphatic rings. The third-order valence-electron chi connectivity index (χ3n) is 4.60. The average molecular weight is 492 g/mol. The monoisotopic (exact) mass is 491 g/mol. The lowest BCUT2D eigenvalue weighted by Crippen LogP contribution is -2.22. The Kier molecular flexibility index (Phi) is 6.13. The molecule has 0 saturated carbocycles. The normalized spacial score (nSPS) is 11.4. The van der Waals surface area contributed by atoms with Crippen LogP contribution in [0.5, 0.6) is 0 Å². The lowest BCUT2D eigenvalue weighted by Gasteiger charge is -2.07. The van der Waals surface area contributed by atoms with Crippen LogP contribution in [0.4, 0.5) is 11.5 Å². The van der Waals surface area contributed by atoms with Gasteiger partial charge in [-0.05, 0) is 61.0 Å². The zero-order chi connectivity index (χ0) is 22.7. The van der Waals surface area contributed by atoms with Gasteiger partial charge in [0.25, 0.3) is 5.91 Å². The fourth-order valence-corrected chi connectivity index (χ4v) is 3.39. The van der Waals surface area contributed by atoms with Gasteiger partial charge in [0, 0.05) is 16.1 Å². The van der Waals surface area contributed by atoms with E-state index in [0.717, 1.165) is 15.4 Å². The van der Waals surface area contributed by atoms with Crippen LogP contribution in [0.1, 0.15) is 26.3 Å². The predicted molar refractivity (Wildman–Crippen MR) is 124 cm³/mol. The number of halogens is 1. The first-order valence-corrected chi connectivity index (χ1v) is 10.4. The second kappa shape index (κ2) is 9.15. The van der Waals surface area contributed by atoms with Crippen LogP contribution in [0.25, 0.3) is 11.0 Å². The molecule has 0 radical (unpaired) electrons. The van der Waals surface area contributed by atoms with E-state index in [1.165, 1.54) is 7.11 Å². The van der Waals surface area contributed by atoms with E-state index in [-0.39, 0.29) is 11.1 Å². The fourth-order valence-electron chi connectivity index (χ4n) is 3.01. The van der Waals surface area contributed by atoms with Crippen molar-refractivity contribution in [3.05, 3.63) is 93.6 Å². The van der Waals surface area contributed by atoms with Crippen LogP contribution >= 0.6 is 15.9 Å². The third-order valence-corrected chi connectivity index (χ3v) is 5.10. The summed E-state index contributed by atoms with van der Waals surface area (Å²) in [6.07, 6.45) is 1.67. The minimum atomic E-state index is -0.481. The molecule has 2 aromatic carbocycles. The van der Waals surface area contributed by atoms with E-state index in [1.54, 1.807) is 48.7 Å². The van der Waals surface area contributed by atoms with E-state index in [4.69, 9.17) is 9.15 Å². The van der Waals surface area contributed by atoms with Crippen molar-refractivity contribution < 1.29 is 18.7 Å². The molecular formula is C24H18BrN3O4. The number of esters is 1. The Morgan fingerprint density at radius 1 is 1.09 bits per heavy atom. The average Bonchev–Trinajstić information content (AvgIpc) is 2.80. The van der Waals surface area contributed by atoms with Crippen LogP contribution in [-0.2, 0) is 4.74 Å². The Morgan fingerprint density at radius 3 is 2.69 bits per heavy atom. The maximum absolute atomic E-state index is 13.1. The molecule has 7 nitrogen and oxygen atoms in total. The molecule has 0 atom stereocenters. The Hall–Kier alpha value is -3.78. The summed E-state index contributed by atoms with van der Waals surface area (Å²) >= 11 is 3.44. The summed E-state index contributed by atoms with van der Waals surface area (Å²) in [4.78, 5) is 33.7. The van der Waals surface area contributed by atoms with Crippen molar-refractivity contribution in [1.29, 1.82) is 0 Å². The summed E-state index contributed by atoms with van der Waals surface area (Å²) in [6, 6.07) is 17.3. The molecule has 2 heterocycles. The van der Waals surface area contributed by atoms with E-state index < -0.39 is 11.9 Å². The highest BCUT2D eigenvalue weighted by atomic mass is 79.9. The number of aromatic nitrogens is 1. The van der Waals surface area contributed by atoms with Crippen LogP contribution < -0.4 is 10.9 Å². The Bertz CT molecular complexity index is 1390. The molecule has 8 heteroatoms. The number of ether oxygens (including phenoxy) is 1. The molecule has 4 rings (SSSR count). The summed E-state index contributed by atoms with van der Waals surface area (Å²) < 4.78 is 11.6. The number of methoxy groups -OCH3 is 1. The number of aryl methyl sites for hydroxylation is 1. The number of amides is 1. The molecule has 32 heavy (non-hydrogen) atoms. The van der Waals surface area contributed by atoms with Gasteiger partial charge in [0.2, 0.25) is 5.55 Å². The first-order chi connectivity index (χ1) is 15.4. The van der Waals surface area contributed by atoms with E-state index in [0.29, 0.717) is 22.7 Å². The molecule has 0 unspecified atom stereocenters. The van der Waals surface area contributed by atoms with Gasteiger partial charge in [0.15, 0.2) is 0 Å². The first kappa shape index (κ1) is 21.5.